The molecule has 0 aliphatic rings. The van der Waals surface area contributed by atoms with Gasteiger partial charge in [-0.2, -0.15) is 0 Å². The Hall–Kier alpha value is -0.353. The molecule has 0 aliphatic carbocycles. The molecule has 0 rings (SSSR count). The Balaban J connectivity index is 3.92. The number of unbranched alkanes of at least 4 members (excludes halogenated alkanes) is 12. The fraction of sp³-hybridized carbons (Fsp3) is 0.960. The average molecular weight is 429 g/mol. The second-order valence-electron chi connectivity index (χ2n) is 10.3. The van der Waals surface area contributed by atoms with Gasteiger partial charge in [-0.15, -0.1) is 0 Å². The van der Waals surface area contributed by atoms with E-state index in [0.717, 1.165) is 12.8 Å². The van der Waals surface area contributed by atoms with Gasteiger partial charge in [0.1, 0.15) is 0 Å². The van der Waals surface area contributed by atoms with Gasteiger partial charge >= 0.3 is 5.97 Å². The molecule has 0 aromatic heterocycles. The predicted molar refractivity (Wildman–Crippen MR) is 129 cm³/mol. The van der Waals surface area contributed by atoms with Gasteiger partial charge in [-0.25, -0.2) is 0 Å². The Labute approximate surface area is 183 Å². The molecule has 0 radical (unpaired) electrons. The Morgan fingerprint density at radius 2 is 1.21 bits per heavy atom. The molecule has 29 heavy (non-hydrogen) atoms. The summed E-state index contributed by atoms with van der Waals surface area (Å²) in [5.41, 5.74) is 0. The number of hydrogen-bond donors (Lipinski definition) is 0. The minimum absolute atomic E-state index is 0.0102. The van der Waals surface area contributed by atoms with Crippen LogP contribution in [0, 0.1) is 0 Å². The standard InChI is InChI=1S/C25H52O3Si/c1-8-9-10-11-12-13-14-15-16-17-18-19-20-21-23(22-24(26)27-5)28-29(6,7)25(2,3)4/h23H,8-22H2,1-7H3. The first-order valence-corrected chi connectivity index (χ1v) is 15.3. The fourth-order valence-electron chi connectivity index (χ4n) is 3.46. The fourth-order valence-corrected chi connectivity index (χ4v) is 4.84. The number of ether oxygens (including phenoxy) is 1. The molecule has 0 aliphatic heterocycles. The monoisotopic (exact) mass is 428 g/mol. The Morgan fingerprint density at radius 1 is 0.793 bits per heavy atom. The van der Waals surface area contributed by atoms with Crippen LogP contribution in [0.1, 0.15) is 124 Å². The van der Waals surface area contributed by atoms with Gasteiger partial charge in [0, 0.05) is 0 Å². The van der Waals surface area contributed by atoms with E-state index in [1.807, 2.05) is 0 Å². The van der Waals surface area contributed by atoms with Gasteiger partial charge in [-0.05, 0) is 24.6 Å². The molecule has 0 bridgehead atoms. The maximum Gasteiger partial charge on any atom is 0.308 e. The Morgan fingerprint density at radius 3 is 1.59 bits per heavy atom. The molecule has 0 aromatic rings. The molecule has 1 unspecified atom stereocenters. The zero-order valence-corrected chi connectivity index (χ0v) is 21.9. The molecule has 0 saturated carbocycles. The summed E-state index contributed by atoms with van der Waals surface area (Å²) in [5.74, 6) is -0.150. The van der Waals surface area contributed by atoms with Crippen LogP contribution in [0.2, 0.25) is 18.1 Å². The van der Waals surface area contributed by atoms with Gasteiger partial charge in [-0.3, -0.25) is 4.79 Å². The lowest BCUT2D eigenvalue weighted by Crippen LogP contribution is -2.44. The summed E-state index contributed by atoms with van der Waals surface area (Å²) in [6.45, 7) is 13.6. The van der Waals surface area contributed by atoms with Crippen LogP contribution in [0.4, 0.5) is 0 Å². The van der Waals surface area contributed by atoms with Crippen molar-refractivity contribution < 1.29 is 14.0 Å². The third-order valence-corrected chi connectivity index (χ3v) is 11.1. The Bertz CT molecular complexity index is 401. The quantitative estimate of drug-likeness (QED) is 0.125. The molecule has 0 aromatic carbocycles. The summed E-state index contributed by atoms with van der Waals surface area (Å²) in [4.78, 5) is 11.8. The average Bonchev–Trinajstić information content (AvgIpc) is 2.64. The van der Waals surface area contributed by atoms with Crippen molar-refractivity contribution in [2.45, 2.75) is 148 Å². The van der Waals surface area contributed by atoms with Crippen molar-refractivity contribution in [2.24, 2.45) is 0 Å². The predicted octanol–water partition coefficient (Wildman–Crippen LogP) is 8.42. The van der Waals surface area contributed by atoms with Crippen molar-refractivity contribution in [3.05, 3.63) is 0 Å². The van der Waals surface area contributed by atoms with Gasteiger partial charge in [0.05, 0.1) is 19.6 Å². The molecule has 1 atom stereocenters. The van der Waals surface area contributed by atoms with E-state index >= 15 is 0 Å². The maximum atomic E-state index is 11.8. The van der Waals surface area contributed by atoms with E-state index in [4.69, 9.17) is 9.16 Å². The lowest BCUT2D eigenvalue weighted by molar-refractivity contribution is -0.142. The SMILES string of the molecule is CCCCCCCCCCCCCCCC(CC(=O)OC)O[Si](C)(C)C(C)(C)C. The lowest BCUT2D eigenvalue weighted by Gasteiger charge is -2.39. The summed E-state index contributed by atoms with van der Waals surface area (Å²) >= 11 is 0. The van der Waals surface area contributed by atoms with Crippen molar-refractivity contribution in [2.75, 3.05) is 7.11 Å². The van der Waals surface area contributed by atoms with Gasteiger partial charge in [0.15, 0.2) is 8.32 Å². The highest BCUT2D eigenvalue weighted by Crippen LogP contribution is 2.38. The molecule has 0 spiro atoms. The van der Waals surface area contributed by atoms with E-state index in [-0.39, 0.29) is 17.1 Å². The zero-order chi connectivity index (χ0) is 22.2. The molecule has 4 heteroatoms. The highest BCUT2D eigenvalue weighted by atomic mass is 28.4. The number of rotatable bonds is 18. The van der Waals surface area contributed by atoms with Crippen molar-refractivity contribution in [1.29, 1.82) is 0 Å². The van der Waals surface area contributed by atoms with E-state index in [1.165, 1.54) is 84.2 Å². The van der Waals surface area contributed by atoms with Crippen LogP contribution >= 0.6 is 0 Å². The molecule has 0 heterocycles. The number of esters is 1. The van der Waals surface area contributed by atoms with E-state index in [2.05, 4.69) is 40.8 Å². The number of hydrogen-bond acceptors (Lipinski definition) is 3. The molecule has 0 saturated heterocycles. The lowest BCUT2D eigenvalue weighted by atomic mass is 10.0. The van der Waals surface area contributed by atoms with Crippen molar-refractivity contribution in [3.8, 4) is 0 Å². The molecular formula is C25H52O3Si. The van der Waals surface area contributed by atoms with Crippen LogP contribution in [0.25, 0.3) is 0 Å². The molecular weight excluding hydrogens is 376 g/mol. The molecule has 0 fully saturated rings. The zero-order valence-electron chi connectivity index (χ0n) is 20.9. The minimum atomic E-state index is -1.86. The van der Waals surface area contributed by atoms with E-state index in [0.29, 0.717) is 6.42 Å². The van der Waals surface area contributed by atoms with Crippen LogP contribution in [0.15, 0.2) is 0 Å². The summed E-state index contributed by atoms with van der Waals surface area (Å²) in [6, 6.07) is 0. The molecule has 0 N–H and O–H groups in total. The van der Waals surface area contributed by atoms with Crippen molar-refractivity contribution in [3.63, 3.8) is 0 Å². The summed E-state index contributed by atoms with van der Waals surface area (Å²) in [6.07, 6.45) is 19.0. The highest BCUT2D eigenvalue weighted by molar-refractivity contribution is 6.74. The van der Waals surface area contributed by atoms with Crippen LogP contribution in [0.5, 0.6) is 0 Å². The number of methoxy groups -OCH3 is 1. The maximum absolute atomic E-state index is 11.8. The number of carbonyl (C=O) groups is 1. The van der Waals surface area contributed by atoms with E-state index < -0.39 is 8.32 Å². The third-order valence-electron chi connectivity index (χ3n) is 6.52. The second-order valence-corrected chi connectivity index (χ2v) is 15.1. The van der Waals surface area contributed by atoms with Crippen molar-refractivity contribution in [1.82, 2.24) is 0 Å². The summed E-state index contributed by atoms with van der Waals surface area (Å²) < 4.78 is 11.4. The van der Waals surface area contributed by atoms with E-state index in [1.54, 1.807) is 0 Å². The van der Waals surface area contributed by atoms with Crippen LogP contribution in [0.3, 0.4) is 0 Å². The van der Waals surface area contributed by atoms with Gasteiger partial charge < -0.3 is 9.16 Å². The topological polar surface area (TPSA) is 35.5 Å². The smallest absolute Gasteiger partial charge is 0.308 e. The van der Waals surface area contributed by atoms with Crippen molar-refractivity contribution >= 4 is 14.3 Å². The first-order chi connectivity index (χ1) is 13.6. The first kappa shape index (κ1) is 28.6. The number of carbonyl (C=O) groups excluding carboxylic acids is 1. The van der Waals surface area contributed by atoms with Crippen LogP contribution in [-0.2, 0) is 14.0 Å². The summed E-state index contributed by atoms with van der Waals surface area (Å²) in [5, 5.41) is 0.164. The van der Waals surface area contributed by atoms with E-state index in [9.17, 15) is 4.79 Å². The normalized spacial score (nSPS) is 13.5. The largest absolute Gasteiger partial charge is 0.469 e. The van der Waals surface area contributed by atoms with Crippen LogP contribution in [-0.4, -0.2) is 27.5 Å². The first-order valence-electron chi connectivity index (χ1n) is 12.4. The summed E-state index contributed by atoms with van der Waals surface area (Å²) in [7, 11) is -0.391. The van der Waals surface area contributed by atoms with Crippen LogP contribution < -0.4 is 0 Å². The van der Waals surface area contributed by atoms with Gasteiger partial charge in [0.25, 0.3) is 0 Å². The van der Waals surface area contributed by atoms with Gasteiger partial charge in [0.2, 0.25) is 0 Å². The molecule has 3 nitrogen and oxygen atoms in total. The Kier molecular flexibility index (Phi) is 16.2. The van der Waals surface area contributed by atoms with Gasteiger partial charge in [-0.1, -0.05) is 111 Å². The third kappa shape index (κ3) is 15.1. The highest BCUT2D eigenvalue weighted by Gasteiger charge is 2.39. The second kappa shape index (κ2) is 16.4. The minimum Gasteiger partial charge on any atom is -0.469 e. The molecule has 0 amide bonds. The molecule has 174 valence electrons.